The first kappa shape index (κ1) is 16.2. The molecule has 2 aromatic rings. The van der Waals surface area contributed by atoms with E-state index in [1.165, 1.54) is 19.4 Å². The summed E-state index contributed by atoms with van der Waals surface area (Å²) in [5, 5.41) is 2.10. The predicted molar refractivity (Wildman–Crippen MR) is 101 cm³/mol. The molecule has 3 heteroatoms. The highest BCUT2D eigenvalue weighted by Gasteiger charge is 2.30. The van der Waals surface area contributed by atoms with Gasteiger partial charge in [-0.25, -0.2) is 0 Å². The Bertz CT molecular complexity index is 857. The Morgan fingerprint density at radius 2 is 2.04 bits per heavy atom. The number of Topliss-reactive ketones (excluding diaryl/α,β-unsaturated/α-hetero) is 1. The smallest absolute Gasteiger partial charge is 0.167 e. The Morgan fingerprint density at radius 3 is 2.84 bits per heavy atom. The molecule has 1 atom stereocenters. The fourth-order valence-corrected chi connectivity index (χ4v) is 3.97. The minimum Gasteiger partial charge on any atom is -0.359 e. The molecule has 0 aromatic heterocycles. The number of nitrogens with two attached hydrogens (primary N) is 1. The van der Waals surface area contributed by atoms with Gasteiger partial charge in [-0.3, -0.25) is 4.79 Å². The maximum atomic E-state index is 13.1. The molecule has 1 saturated heterocycles. The monoisotopic (exact) mass is 332 g/mol. The molecule has 2 aliphatic rings. The Morgan fingerprint density at radius 1 is 1.20 bits per heavy atom. The molecule has 1 heterocycles. The summed E-state index contributed by atoms with van der Waals surface area (Å²) < 4.78 is 0. The highest BCUT2D eigenvalue weighted by molar-refractivity contribution is 6.03. The Labute approximate surface area is 149 Å². The van der Waals surface area contributed by atoms with Crippen molar-refractivity contribution in [3.05, 3.63) is 47.5 Å². The number of rotatable bonds is 4. The molecule has 0 radical (unpaired) electrons. The summed E-state index contributed by atoms with van der Waals surface area (Å²) in [7, 11) is 0. The second kappa shape index (κ2) is 6.90. The fraction of sp³-hybridized carbons (Fsp3) is 0.409. The van der Waals surface area contributed by atoms with Crippen molar-refractivity contribution in [2.45, 2.75) is 25.7 Å². The molecule has 2 N–H and O–H groups in total. The van der Waals surface area contributed by atoms with E-state index in [4.69, 9.17) is 5.73 Å². The Balaban J connectivity index is 1.61. The van der Waals surface area contributed by atoms with Crippen LogP contribution in [0.4, 0.5) is 0 Å². The molecular formula is C22H24N2O. The Hall–Kier alpha value is -2.31. The van der Waals surface area contributed by atoms with Crippen LogP contribution in [0.15, 0.2) is 36.4 Å². The van der Waals surface area contributed by atoms with Gasteiger partial charge in [0.2, 0.25) is 0 Å². The third kappa shape index (κ3) is 3.55. The van der Waals surface area contributed by atoms with Gasteiger partial charge in [-0.05, 0) is 67.0 Å². The number of benzene rings is 2. The number of hydrogen-bond donors (Lipinski definition) is 1. The molecular weight excluding hydrogens is 308 g/mol. The van der Waals surface area contributed by atoms with Crippen molar-refractivity contribution in [2.75, 3.05) is 19.6 Å². The lowest BCUT2D eigenvalue weighted by Crippen LogP contribution is -2.39. The molecule has 2 aromatic carbocycles. The molecule has 128 valence electrons. The summed E-state index contributed by atoms with van der Waals surface area (Å²) in [5.74, 6) is 4.19. The number of carbonyl (C=O) groups is 1. The van der Waals surface area contributed by atoms with Crippen LogP contribution < -0.4 is 5.73 Å². The van der Waals surface area contributed by atoms with E-state index in [2.05, 4.69) is 16.9 Å². The second-order valence-corrected chi connectivity index (χ2v) is 7.42. The van der Waals surface area contributed by atoms with E-state index < -0.39 is 0 Å². The van der Waals surface area contributed by atoms with Crippen LogP contribution in [-0.2, 0) is 0 Å². The van der Waals surface area contributed by atoms with E-state index in [0.717, 1.165) is 53.7 Å². The quantitative estimate of drug-likeness (QED) is 0.530. The van der Waals surface area contributed by atoms with Gasteiger partial charge in [-0.15, -0.1) is 0 Å². The van der Waals surface area contributed by atoms with E-state index >= 15 is 0 Å². The average Bonchev–Trinajstić information content (AvgIpc) is 3.45. The van der Waals surface area contributed by atoms with Gasteiger partial charge < -0.3 is 10.6 Å². The topological polar surface area (TPSA) is 46.3 Å². The lowest BCUT2D eigenvalue weighted by Gasteiger charge is -2.32. The number of carbonyl (C=O) groups excluding carboxylic acids is 1. The highest BCUT2D eigenvalue weighted by atomic mass is 16.1. The SMILES string of the molecule is NC#Cc1cc(C(=O)C2CCCN(CC3CC3)C2)cc2ccccc12. The predicted octanol–water partition coefficient (Wildman–Crippen LogP) is 3.41. The summed E-state index contributed by atoms with van der Waals surface area (Å²) in [6.07, 6.45) is 4.83. The van der Waals surface area contributed by atoms with E-state index in [-0.39, 0.29) is 11.7 Å². The summed E-state index contributed by atoms with van der Waals surface area (Å²) >= 11 is 0. The minimum absolute atomic E-state index is 0.104. The van der Waals surface area contributed by atoms with Crippen molar-refractivity contribution in [1.29, 1.82) is 0 Å². The lowest BCUT2D eigenvalue weighted by molar-refractivity contribution is 0.0815. The summed E-state index contributed by atoms with van der Waals surface area (Å²) in [6, 6.07) is 14.5. The molecule has 25 heavy (non-hydrogen) atoms. The normalized spacial score (nSPS) is 20.9. The molecule has 0 spiro atoms. The third-order valence-corrected chi connectivity index (χ3v) is 5.44. The zero-order chi connectivity index (χ0) is 17.2. The zero-order valence-corrected chi connectivity index (χ0v) is 14.5. The first-order valence-corrected chi connectivity index (χ1v) is 9.25. The van der Waals surface area contributed by atoms with Crippen molar-refractivity contribution in [1.82, 2.24) is 4.90 Å². The maximum absolute atomic E-state index is 13.1. The van der Waals surface area contributed by atoms with Gasteiger partial charge in [0.15, 0.2) is 5.78 Å². The van der Waals surface area contributed by atoms with Crippen LogP contribution in [0.5, 0.6) is 0 Å². The number of likely N-dealkylation sites (tertiary alicyclic amines) is 1. The van der Waals surface area contributed by atoms with Crippen LogP contribution in [0.25, 0.3) is 10.8 Å². The van der Waals surface area contributed by atoms with Gasteiger partial charge in [0.1, 0.15) is 0 Å². The second-order valence-electron chi connectivity index (χ2n) is 7.42. The van der Waals surface area contributed by atoms with Crippen LogP contribution in [0.2, 0.25) is 0 Å². The first-order chi connectivity index (χ1) is 12.2. The van der Waals surface area contributed by atoms with E-state index in [1.54, 1.807) is 0 Å². The van der Waals surface area contributed by atoms with E-state index in [1.807, 2.05) is 36.4 Å². The summed E-state index contributed by atoms with van der Waals surface area (Å²) in [4.78, 5) is 15.6. The standard InChI is InChI=1S/C22H24N2O/c23-10-9-18-13-20(12-17-4-1-2-6-21(17)18)22(25)19-5-3-11-24(15-19)14-16-7-8-16/h1-2,4,6,12-13,16,19H,3,5,7-8,11,14-15,23H2. The van der Waals surface area contributed by atoms with Crippen LogP contribution in [-0.4, -0.2) is 30.3 Å². The molecule has 0 amide bonds. The van der Waals surface area contributed by atoms with Gasteiger partial charge in [-0.1, -0.05) is 24.3 Å². The number of hydrogen-bond acceptors (Lipinski definition) is 3. The van der Waals surface area contributed by atoms with Crippen molar-refractivity contribution >= 4 is 16.6 Å². The average molecular weight is 332 g/mol. The van der Waals surface area contributed by atoms with Crippen molar-refractivity contribution < 1.29 is 4.79 Å². The van der Waals surface area contributed by atoms with Gasteiger partial charge in [0, 0.05) is 36.2 Å². The molecule has 2 fully saturated rings. The molecule has 0 bridgehead atoms. The van der Waals surface area contributed by atoms with E-state index in [0.29, 0.717) is 0 Å². The summed E-state index contributed by atoms with van der Waals surface area (Å²) in [6.45, 7) is 3.22. The van der Waals surface area contributed by atoms with Crippen LogP contribution in [0, 0.1) is 23.8 Å². The zero-order valence-electron chi connectivity index (χ0n) is 14.5. The lowest BCUT2D eigenvalue weighted by atomic mass is 9.88. The van der Waals surface area contributed by atoms with Crippen molar-refractivity contribution in [2.24, 2.45) is 17.6 Å². The summed E-state index contributed by atoms with van der Waals surface area (Å²) in [5.41, 5.74) is 7.05. The molecule has 4 rings (SSSR count). The van der Waals surface area contributed by atoms with Crippen LogP contribution >= 0.6 is 0 Å². The third-order valence-electron chi connectivity index (χ3n) is 5.44. The number of piperidine rings is 1. The van der Waals surface area contributed by atoms with Gasteiger partial charge in [0.25, 0.3) is 0 Å². The molecule has 3 nitrogen and oxygen atoms in total. The molecule has 1 unspecified atom stereocenters. The van der Waals surface area contributed by atoms with E-state index in [9.17, 15) is 4.79 Å². The van der Waals surface area contributed by atoms with Crippen LogP contribution in [0.1, 0.15) is 41.6 Å². The minimum atomic E-state index is 0.104. The largest absolute Gasteiger partial charge is 0.359 e. The highest BCUT2D eigenvalue weighted by Crippen LogP contribution is 2.32. The number of ketones is 1. The van der Waals surface area contributed by atoms with Gasteiger partial charge >= 0.3 is 0 Å². The Kier molecular flexibility index (Phi) is 4.46. The van der Waals surface area contributed by atoms with Crippen molar-refractivity contribution in [3.63, 3.8) is 0 Å². The van der Waals surface area contributed by atoms with Gasteiger partial charge in [-0.2, -0.15) is 0 Å². The molecule has 1 aliphatic heterocycles. The first-order valence-electron chi connectivity index (χ1n) is 9.25. The molecule has 1 aliphatic carbocycles. The number of nitrogens with zero attached hydrogens (tertiary/aromatic N) is 1. The van der Waals surface area contributed by atoms with Gasteiger partial charge in [0.05, 0.1) is 0 Å². The fourth-order valence-electron chi connectivity index (χ4n) is 3.97. The number of fused-ring (bicyclic) bond motifs is 1. The molecule has 1 saturated carbocycles. The maximum Gasteiger partial charge on any atom is 0.167 e. The van der Waals surface area contributed by atoms with Crippen molar-refractivity contribution in [3.8, 4) is 12.0 Å². The van der Waals surface area contributed by atoms with Crippen LogP contribution in [0.3, 0.4) is 0 Å².